The number of aromatic nitrogens is 3. The lowest BCUT2D eigenvalue weighted by Crippen LogP contribution is -2.25. The molecule has 0 atom stereocenters. The van der Waals surface area contributed by atoms with E-state index in [4.69, 9.17) is 0 Å². The monoisotopic (exact) mass is 376 g/mol. The van der Waals surface area contributed by atoms with Crippen LogP contribution in [-0.2, 0) is 0 Å². The van der Waals surface area contributed by atoms with Crippen LogP contribution in [-0.4, -0.2) is 28.0 Å². The first-order valence-corrected chi connectivity index (χ1v) is 9.67. The van der Waals surface area contributed by atoms with Crippen molar-refractivity contribution in [3.05, 3.63) is 59.2 Å². The van der Waals surface area contributed by atoms with Crippen LogP contribution in [0.2, 0.25) is 0 Å². The third kappa shape index (κ3) is 4.76. The first-order valence-electron chi connectivity index (χ1n) is 9.67. The minimum Gasteiger partial charge on any atom is -0.341 e. The van der Waals surface area contributed by atoms with Crippen LogP contribution < -0.4 is 15.5 Å². The van der Waals surface area contributed by atoms with E-state index in [2.05, 4.69) is 95.4 Å². The molecule has 1 aromatic heterocycles. The van der Waals surface area contributed by atoms with Gasteiger partial charge in [-0.3, -0.25) is 0 Å². The maximum atomic E-state index is 4.65. The van der Waals surface area contributed by atoms with E-state index in [1.165, 1.54) is 11.1 Å². The van der Waals surface area contributed by atoms with Crippen LogP contribution in [0.15, 0.2) is 42.5 Å². The van der Waals surface area contributed by atoms with Crippen LogP contribution in [0.1, 0.15) is 30.5 Å². The van der Waals surface area contributed by atoms with Gasteiger partial charge in [-0.25, -0.2) is 0 Å². The number of nitrogens with one attached hydrogen (secondary N) is 2. The average Bonchev–Trinajstić information content (AvgIpc) is 2.66. The lowest BCUT2D eigenvalue weighted by Gasteiger charge is -2.20. The fourth-order valence-electron chi connectivity index (χ4n) is 2.97. The summed E-state index contributed by atoms with van der Waals surface area (Å²) in [5.41, 5.74) is 5.46. The van der Waals surface area contributed by atoms with E-state index < -0.39 is 0 Å². The van der Waals surface area contributed by atoms with Gasteiger partial charge in [-0.1, -0.05) is 24.3 Å². The van der Waals surface area contributed by atoms with Gasteiger partial charge in [-0.15, -0.1) is 0 Å². The molecule has 6 heteroatoms. The summed E-state index contributed by atoms with van der Waals surface area (Å²) in [5.74, 6) is 1.71. The molecule has 0 bridgehead atoms. The number of hydrogen-bond acceptors (Lipinski definition) is 6. The molecular weight excluding hydrogens is 348 g/mol. The number of rotatable bonds is 7. The van der Waals surface area contributed by atoms with Crippen molar-refractivity contribution < 1.29 is 0 Å². The van der Waals surface area contributed by atoms with E-state index in [0.29, 0.717) is 17.8 Å². The van der Waals surface area contributed by atoms with Crippen LogP contribution in [0.5, 0.6) is 0 Å². The minimum atomic E-state index is 0.523. The van der Waals surface area contributed by atoms with Crippen LogP contribution in [0.3, 0.4) is 0 Å². The highest BCUT2D eigenvalue weighted by Crippen LogP contribution is 2.23. The minimum absolute atomic E-state index is 0.523. The molecule has 0 amide bonds. The number of anilines is 5. The van der Waals surface area contributed by atoms with Gasteiger partial charge >= 0.3 is 0 Å². The summed E-state index contributed by atoms with van der Waals surface area (Å²) in [5, 5.41) is 6.68. The van der Waals surface area contributed by atoms with Crippen molar-refractivity contribution in [3.8, 4) is 0 Å². The van der Waals surface area contributed by atoms with Gasteiger partial charge in [0.15, 0.2) is 0 Å². The molecule has 0 aliphatic heterocycles. The zero-order valence-corrected chi connectivity index (χ0v) is 17.2. The topological polar surface area (TPSA) is 66.0 Å². The van der Waals surface area contributed by atoms with Crippen molar-refractivity contribution in [1.29, 1.82) is 0 Å². The Kier molecular flexibility index (Phi) is 6.09. The van der Waals surface area contributed by atoms with Gasteiger partial charge in [0.05, 0.1) is 0 Å². The summed E-state index contributed by atoms with van der Waals surface area (Å²) in [6, 6.07) is 14.4. The van der Waals surface area contributed by atoms with Crippen LogP contribution in [0, 0.1) is 20.8 Å². The molecule has 1 heterocycles. The average molecular weight is 377 g/mol. The highest BCUT2D eigenvalue weighted by molar-refractivity contribution is 5.62. The van der Waals surface area contributed by atoms with Crippen LogP contribution in [0.25, 0.3) is 0 Å². The van der Waals surface area contributed by atoms with Gasteiger partial charge in [0.1, 0.15) is 0 Å². The SMILES string of the molecule is CCN(CC)c1nc(Nc2cccc(C)c2)nc(Nc2cc(C)ccc2C)n1. The summed E-state index contributed by atoms with van der Waals surface area (Å²) in [7, 11) is 0. The van der Waals surface area contributed by atoms with Gasteiger partial charge in [0.2, 0.25) is 17.8 Å². The number of nitrogens with zero attached hydrogens (tertiary/aromatic N) is 4. The summed E-state index contributed by atoms with van der Waals surface area (Å²) in [6.07, 6.45) is 0. The quantitative estimate of drug-likeness (QED) is 0.596. The summed E-state index contributed by atoms with van der Waals surface area (Å²) >= 11 is 0. The molecule has 2 aromatic carbocycles. The Morgan fingerprint density at radius 2 is 1.46 bits per heavy atom. The maximum absolute atomic E-state index is 4.65. The zero-order valence-electron chi connectivity index (χ0n) is 17.2. The van der Waals surface area contributed by atoms with Crippen molar-refractivity contribution in [2.75, 3.05) is 28.6 Å². The molecule has 0 aliphatic carbocycles. The smallest absolute Gasteiger partial charge is 0.233 e. The molecule has 2 N–H and O–H groups in total. The van der Waals surface area contributed by atoms with E-state index in [1.807, 2.05) is 12.1 Å². The number of aryl methyl sites for hydroxylation is 3. The van der Waals surface area contributed by atoms with Crippen molar-refractivity contribution in [1.82, 2.24) is 15.0 Å². The predicted octanol–water partition coefficient (Wildman–Crippen LogP) is 5.13. The second-order valence-corrected chi connectivity index (χ2v) is 6.89. The lowest BCUT2D eigenvalue weighted by atomic mass is 10.1. The molecule has 0 radical (unpaired) electrons. The molecule has 0 unspecified atom stereocenters. The van der Waals surface area contributed by atoms with E-state index in [1.54, 1.807) is 0 Å². The largest absolute Gasteiger partial charge is 0.341 e. The Bertz CT molecular complexity index is 950. The van der Waals surface area contributed by atoms with Crippen molar-refractivity contribution in [3.63, 3.8) is 0 Å². The predicted molar refractivity (Wildman–Crippen MR) is 117 cm³/mol. The van der Waals surface area contributed by atoms with Crippen LogP contribution >= 0.6 is 0 Å². The molecule has 0 saturated heterocycles. The Hall–Kier alpha value is -3.15. The van der Waals surface area contributed by atoms with Gasteiger partial charge in [0.25, 0.3) is 0 Å². The zero-order chi connectivity index (χ0) is 20.1. The third-order valence-corrected chi connectivity index (χ3v) is 4.58. The Labute approximate surface area is 167 Å². The van der Waals surface area contributed by atoms with Crippen molar-refractivity contribution >= 4 is 29.2 Å². The van der Waals surface area contributed by atoms with Gasteiger partial charge < -0.3 is 15.5 Å². The Morgan fingerprint density at radius 3 is 2.14 bits per heavy atom. The molecule has 3 aromatic rings. The highest BCUT2D eigenvalue weighted by Gasteiger charge is 2.12. The van der Waals surface area contributed by atoms with Gasteiger partial charge in [-0.05, 0) is 69.5 Å². The fourth-order valence-corrected chi connectivity index (χ4v) is 2.97. The van der Waals surface area contributed by atoms with Gasteiger partial charge in [-0.2, -0.15) is 15.0 Å². The Morgan fingerprint density at radius 1 is 0.786 bits per heavy atom. The van der Waals surface area contributed by atoms with Crippen molar-refractivity contribution in [2.24, 2.45) is 0 Å². The van der Waals surface area contributed by atoms with E-state index in [0.717, 1.165) is 30.0 Å². The molecule has 0 fully saturated rings. The molecule has 3 rings (SSSR count). The second kappa shape index (κ2) is 8.69. The lowest BCUT2D eigenvalue weighted by molar-refractivity contribution is 0.815. The molecule has 6 nitrogen and oxygen atoms in total. The molecular formula is C22H28N6. The van der Waals surface area contributed by atoms with Crippen molar-refractivity contribution in [2.45, 2.75) is 34.6 Å². The summed E-state index contributed by atoms with van der Waals surface area (Å²) < 4.78 is 0. The standard InChI is InChI=1S/C22H28N6/c1-6-28(7-2)22-26-20(23-18-10-8-9-15(3)13-18)25-21(27-22)24-19-14-16(4)11-12-17(19)5/h8-14H,6-7H2,1-5H3,(H2,23,24,25,26,27). The first-order chi connectivity index (χ1) is 13.5. The maximum Gasteiger partial charge on any atom is 0.233 e. The summed E-state index contributed by atoms with van der Waals surface area (Å²) in [6.45, 7) is 12.1. The fraction of sp³-hybridized carbons (Fsp3) is 0.318. The van der Waals surface area contributed by atoms with E-state index >= 15 is 0 Å². The highest BCUT2D eigenvalue weighted by atomic mass is 15.3. The molecule has 0 spiro atoms. The number of benzene rings is 2. The molecule has 146 valence electrons. The van der Waals surface area contributed by atoms with E-state index in [9.17, 15) is 0 Å². The molecule has 0 saturated carbocycles. The van der Waals surface area contributed by atoms with Gasteiger partial charge in [0, 0.05) is 24.5 Å². The summed E-state index contributed by atoms with van der Waals surface area (Å²) in [4.78, 5) is 16.0. The first kappa shape index (κ1) is 19.6. The Balaban J connectivity index is 1.98. The molecule has 28 heavy (non-hydrogen) atoms. The van der Waals surface area contributed by atoms with Crippen LogP contribution in [0.4, 0.5) is 29.2 Å². The second-order valence-electron chi connectivity index (χ2n) is 6.89. The van der Waals surface area contributed by atoms with E-state index in [-0.39, 0.29) is 0 Å². The third-order valence-electron chi connectivity index (χ3n) is 4.58. The normalized spacial score (nSPS) is 10.6. The number of hydrogen-bond donors (Lipinski definition) is 2. The molecule has 0 aliphatic rings.